The van der Waals surface area contributed by atoms with Gasteiger partial charge in [0.25, 0.3) is 0 Å². The predicted octanol–water partition coefficient (Wildman–Crippen LogP) is 4.44. The van der Waals surface area contributed by atoms with E-state index >= 15 is 0 Å². The summed E-state index contributed by atoms with van der Waals surface area (Å²) in [5, 5.41) is 0. The number of allylic oxidation sites excluding steroid dienone is 1. The molecule has 0 fully saturated rings. The van der Waals surface area contributed by atoms with E-state index in [-0.39, 0.29) is 12.0 Å². The summed E-state index contributed by atoms with van der Waals surface area (Å²) in [5.74, 6) is 1.53. The number of carbonyl (C=O) groups is 1. The molecule has 0 bridgehead atoms. The number of nitrogens with two attached hydrogens (primary N) is 2. The molecule has 0 spiro atoms. The first kappa shape index (κ1) is 25.8. The lowest BCUT2D eigenvalue weighted by Gasteiger charge is -2.41. The average Bonchev–Trinajstić information content (AvgIpc) is 2.96. The van der Waals surface area contributed by atoms with Crippen LogP contribution in [0, 0.1) is 0 Å². The molecule has 0 amide bonds. The Morgan fingerprint density at radius 1 is 1.05 bits per heavy atom. The second-order valence-corrected chi connectivity index (χ2v) is 9.34. The molecule has 1 aliphatic rings. The van der Waals surface area contributed by atoms with Crippen LogP contribution in [0.15, 0.2) is 79.0 Å². The van der Waals surface area contributed by atoms with Crippen molar-refractivity contribution in [2.75, 3.05) is 32.2 Å². The molecule has 8 heteroatoms. The van der Waals surface area contributed by atoms with Gasteiger partial charge >= 0.3 is 0 Å². The van der Waals surface area contributed by atoms with Gasteiger partial charge in [-0.25, -0.2) is 4.98 Å². The zero-order valence-corrected chi connectivity index (χ0v) is 22.0. The van der Waals surface area contributed by atoms with E-state index in [1.165, 1.54) is 11.1 Å². The maximum atomic E-state index is 12.1. The van der Waals surface area contributed by atoms with E-state index in [0.29, 0.717) is 30.3 Å². The standard InChI is InChI=1S/C31H31N5O3/c1-38-27-18-20(16-23-19-34-31(33)35-30(23)32)17-25(29(27)39-2)26(13-15-37)36-14-12-21-8-6-7-11-24(21)28(36)22-9-4-3-5-10-22/h3-11,13,15,17-19,28H,12,14,16H2,1-2H3,(H4,32,33,34,35). The number of carbonyl (C=O) groups excluding carboxylic acids is 1. The molecule has 2 heterocycles. The number of benzene rings is 3. The van der Waals surface area contributed by atoms with Crippen molar-refractivity contribution in [1.29, 1.82) is 0 Å². The molecule has 0 saturated heterocycles. The molecule has 0 aliphatic carbocycles. The summed E-state index contributed by atoms with van der Waals surface area (Å²) in [6, 6.07) is 22.6. The van der Waals surface area contributed by atoms with Crippen LogP contribution in [-0.2, 0) is 17.6 Å². The van der Waals surface area contributed by atoms with Crippen molar-refractivity contribution in [3.63, 3.8) is 0 Å². The monoisotopic (exact) mass is 521 g/mol. The lowest BCUT2D eigenvalue weighted by molar-refractivity contribution is -0.104. The van der Waals surface area contributed by atoms with Gasteiger partial charge < -0.3 is 25.8 Å². The number of nitrogen functional groups attached to an aromatic ring is 2. The maximum Gasteiger partial charge on any atom is 0.221 e. The Balaban J connectivity index is 1.66. The molecule has 1 atom stereocenters. The van der Waals surface area contributed by atoms with Crippen LogP contribution in [-0.4, -0.2) is 41.9 Å². The second kappa shape index (κ2) is 11.3. The van der Waals surface area contributed by atoms with E-state index < -0.39 is 0 Å². The summed E-state index contributed by atoms with van der Waals surface area (Å²) in [6.07, 6.45) is 5.34. The summed E-state index contributed by atoms with van der Waals surface area (Å²) in [7, 11) is 3.20. The topological polar surface area (TPSA) is 117 Å². The lowest BCUT2D eigenvalue weighted by atomic mass is 9.87. The highest BCUT2D eigenvalue weighted by Crippen LogP contribution is 2.44. The quantitative estimate of drug-likeness (QED) is 0.258. The van der Waals surface area contributed by atoms with Crippen molar-refractivity contribution in [3.05, 3.63) is 112 Å². The van der Waals surface area contributed by atoms with Gasteiger partial charge in [-0.2, -0.15) is 4.98 Å². The van der Waals surface area contributed by atoms with E-state index in [2.05, 4.69) is 51.3 Å². The molecule has 4 aromatic rings. The van der Waals surface area contributed by atoms with Gasteiger partial charge in [-0.15, -0.1) is 0 Å². The van der Waals surface area contributed by atoms with E-state index in [1.807, 2.05) is 30.3 Å². The first-order chi connectivity index (χ1) is 19.0. The summed E-state index contributed by atoms with van der Waals surface area (Å²) < 4.78 is 11.6. The Kier molecular flexibility index (Phi) is 7.45. The number of anilines is 2. The molecular weight excluding hydrogens is 490 g/mol. The van der Waals surface area contributed by atoms with Crippen LogP contribution in [0.2, 0.25) is 0 Å². The van der Waals surface area contributed by atoms with E-state index in [4.69, 9.17) is 20.9 Å². The van der Waals surface area contributed by atoms with Gasteiger partial charge in [0, 0.05) is 36.4 Å². The third-order valence-electron chi connectivity index (χ3n) is 7.06. The zero-order valence-electron chi connectivity index (χ0n) is 22.0. The number of hydrogen-bond donors (Lipinski definition) is 2. The molecule has 39 heavy (non-hydrogen) atoms. The number of methoxy groups -OCH3 is 2. The van der Waals surface area contributed by atoms with Gasteiger partial charge in [0.15, 0.2) is 11.5 Å². The van der Waals surface area contributed by atoms with Gasteiger partial charge in [0.1, 0.15) is 12.1 Å². The molecule has 198 valence electrons. The molecule has 1 aromatic heterocycles. The van der Waals surface area contributed by atoms with Crippen LogP contribution in [0.5, 0.6) is 11.5 Å². The fourth-order valence-corrected chi connectivity index (χ4v) is 5.33. The molecule has 3 aromatic carbocycles. The minimum atomic E-state index is -0.0946. The predicted molar refractivity (Wildman–Crippen MR) is 152 cm³/mol. The van der Waals surface area contributed by atoms with Crippen LogP contribution < -0.4 is 20.9 Å². The highest BCUT2D eigenvalue weighted by molar-refractivity contribution is 5.84. The largest absolute Gasteiger partial charge is 0.493 e. The van der Waals surface area contributed by atoms with Crippen molar-refractivity contribution in [2.45, 2.75) is 18.9 Å². The second-order valence-electron chi connectivity index (χ2n) is 9.34. The van der Waals surface area contributed by atoms with Crippen molar-refractivity contribution in [1.82, 2.24) is 14.9 Å². The van der Waals surface area contributed by atoms with Gasteiger partial charge in [0.05, 0.1) is 26.0 Å². The molecule has 0 saturated carbocycles. The Labute approximate surface area is 227 Å². The summed E-state index contributed by atoms with van der Waals surface area (Å²) in [5.41, 5.74) is 18.6. The van der Waals surface area contributed by atoms with Gasteiger partial charge in [0.2, 0.25) is 5.95 Å². The Hall–Kier alpha value is -4.85. The Morgan fingerprint density at radius 2 is 1.82 bits per heavy atom. The number of ether oxygens (including phenoxy) is 2. The number of fused-ring (bicyclic) bond motifs is 1. The first-order valence-electron chi connectivity index (χ1n) is 12.7. The molecule has 8 nitrogen and oxygen atoms in total. The van der Waals surface area contributed by atoms with Crippen LogP contribution >= 0.6 is 0 Å². The SMILES string of the molecule is COc1cc(Cc2cnc(N)nc2N)cc(C(=CC=O)N2CCc3ccccc3C2c2ccccc2)c1OC. The highest BCUT2D eigenvalue weighted by atomic mass is 16.5. The van der Waals surface area contributed by atoms with Crippen molar-refractivity contribution in [2.24, 2.45) is 0 Å². The van der Waals surface area contributed by atoms with Crippen LogP contribution in [0.4, 0.5) is 11.8 Å². The first-order valence-corrected chi connectivity index (χ1v) is 12.7. The van der Waals surface area contributed by atoms with Crippen molar-refractivity contribution >= 4 is 23.7 Å². The smallest absolute Gasteiger partial charge is 0.221 e. The maximum absolute atomic E-state index is 12.1. The Morgan fingerprint density at radius 3 is 2.54 bits per heavy atom. The third kappa shape index (κ3) is 5.13. The van der Waals surface area contributed by atoms with Crippen LogP contribution in [0.3, 0.4) is 0 Å². The van der Waals surface area contributed by atoms with Gasteiger partial charge in [-0.05, 0) is 40.8 Å². The summed E-state index contributed by atoms with van der Waals surface area (Å²) >= 11 is 0. The van der Waals surface area contributed by atoms with Crippen LogP contribution in [0.25, 0.3) is 5.70 Å². The van der Waals surface area contributed by atoms with E-state index in [1.54, 1.807) is 26.5 Å². The summed E-state index contributed by atoms with van der Waals surface area (Å²) in [4.78, 5) is 22.6. The molecule has 4 N–H and O–H groups in total. The number of nitrogens with zero attached hydrogens (tertiary/aromatic N) is 3. The molecule has 0 radical (unpaired) electrons. The Bertz CT molecular complexity index is 1520. The number of aldehydes is 1. The van der Waals surface area contributed by atoms with Crippen LogP contribution in [0.1, 0.15) is 39.4 Å². The number of aromatic nitrogens is 2. The minimum absolute atomic E-state index is 0.0946. The minimum Gasteiger partial charge on any atom is -0.493 e. The fraction of sp³-hybridized carbons (Fsp3) is 0.194. The normalized spacial score (nSPS) is 15.0. The molecule has 1 aliphatic heterocycles. The molecular formula is C31H31N5O3. The highest BCUT2D eigenvalue weighted by Gasteiger charge is 2.32. The number of hydrogen-bond acceptors (Lipinski definition) is 8. The van der Waals surface area contributed by atoms with Crippen molar-refractivity contribution in [3.8, 4) is 11.5 Å². The van der Waals surface area contributed by atoms with Gasteiger partial charge in [-0.1, -0.05) is 54.6 Å². The van der Waals surface area contributed by atoms with Gasteiger partial charge in [-0.3, -0.25) is 4.79 Å². The lowest BCUT2D eigenvalue weighted by Crippen LogP contribution is -2.35. The molecule has 5 rings (SSSR count). The van der Waals surface area contributed by atoms with E-state index in [0.717, 1.165) is 40.7 Å². The summed E-state index contributed by atoms with van der Waals surface area (Å²) in [6.45, 7) is 0.713. The third-order valence-corrected chi connectivity index (χ3v) is 7.06. The zero-order chi connectivity index (χ0) is 27.4. The van der Waals surface area contributed by atoms with E-state index in [9.17, 15) is 4.79 Å². The number of rotatable bonds is 8. The fourth-order valence-electron chi connectivity index (χ4n) is 5.33. The van der Waals surface area contributed by atoms with Crippen molar-refractivity contribution < 1.29 is 14.3 Å². The average molecular weight is 522 g/mol. The molecule has 1 unspecified atom stereocenters.